The van der Waals surface area contributed by atoms with E-state index in [0.717, 1.165) is 12.8 Å². The molecule has 2 rings (SSSR count). The minimum atomic E-state index is -1.03. The number of carbonyl (C=O) groups excluding carboxylic acids is 1. The Morgan fingerprint density at radius 1 is 1.33 bits per heavy atom. The number of benzene rings is 1. The second-order valence-corrected chi connectivity index (χ2v) is 3.53. The van der Waals surface area contributed by atoms with E-state index >= 15 is 0 Å². The van der Waals surface area contributed by atoms with Crippen LogP contribution >= 0.6 is 0 Å². The fourth-order valence-corrected chi connectivity index (χ4v) is 1.21. The number of rotatable bonds is 3. The Labute approximate surface area is 86.5 Å². The monoisotopic (exact) mass is 206 g/mol. The van der Waals surface area contributed by atoms with Gasteiger partial charge in [-0.15, -0.1) is 0 Å². The van der Waals surface area contributed by atoms with E-state index in [2.05, 4.69) is 0 Å². The number of carboxylic acid groups (broad SMARTS) is 1. The molecule has 0 aliphatic heterocycles. The molecule has 0 unspecified atom stereocenters. The summed E-state index contributed by atoms with van der Waals surface area (Å²) in [5.41, 5.74) is 0.121. The molecule has 0 radical (unpaired) electrons. The Morgan fingerprint density at radius 2 is 2.07 bits per heavy atom. The van der Waals surface area contributed by atoms with Crippen molar-refractivity contribution in [2.75, 3.05) is 0 Å². The number of carbonyl (C=O) groups is 2. The zero-order valence-electron chi connectivity index (χ0n) is 7.97. The molecule has 0 heterocycles. The van der Waals surface area contributed by atoms with Crippen molar-refractivity contribution < 1.29 is 19.4 Å². The summed E-state index contributed by atoms with van der Waals surface area (Å²) < 4.78 is 5.03. The number of esters is 1. The van der Waals surface area contributed by atoms with E-state index in [9.17, 15) is 9.59 Å². The van der Waals surface area contributed by atoms with Crippen molar-refractivity contribution >= 4 is 11.9 Å². The molecule has 1 fully saturated rings. The van der Waals surface area contributed by atoms with Crippen LogP contribution < -0.4 is 4.74 Å². The third kappa shape index (κ3) is 2.34. The average Bonchev–Trinajstić information content (AvgIpc) is 3.01. The topological polar surface area (TPSA) is 63.6 Å². The molecule has 0 aromatic heterocycles. The van der Waals surface area contributed by atoms with Gasteiger partial charge in [0.1, 0.15) is 5.75 Å². The maximum Gasteiger partial charge on any atom is 0.335 e. The average molecular weight is 206 g/mol. The molecule has 0 amide bonds. The highest BCUT2D eigenvalue weighted by molar-refractivity contribution is 5.88. The molecule has 4 nitrogen and oxygen atoms in total. The summed E-state index contributed by atoms with van der Waals surface area (Å²) in [5.74, 6) is -0.984. The molecule has 4 heteroatoms. The maximum absolute atomic E-state index is 11.3. The first-order valence-electron chi connectivity index (χ1n) is 4.72. The Balaban J connectivity index is 2.10. The highest BCUT2D eigenvalue weighted by Gasteiger charge is 2.31. The molecule has 1 N–H and O–H groups in total. The number of hydrogen-bond donors (Lipinski definition) is 1. The minimum Gasteiger partial charge on any atom is -0.478 e. The first-order chi connectivity index (χ1) is 7.16. The van der Waals surface area contributed by atoms with Gasteiger partial charge in [-0.1, -0.05) is 6.07 Å². The number of carboxylic acids is 1. The first kappa shape index (κ1) is 9.71. The lowest BCUT2D eigenvalue weighted by molar-refractivity contribution is -0.135. The highest BCUT2D eigenvalue weighted by Crippen LogP contribution is 2.30. The van der Waals surface area contributed by atoms with Gasteiger partial charge >= 0.3 is 11.9 Å². The SMILES string of the molecule is O=C(O)c1cccc(OC(=O)C2CC2)c1. The second-order valence-electron chi connectivity index (χ2n) is 3.53. The van der Waals surface area contributed by atoms with Crippen LogP contribution in [0.25, 0.3) is 0 Å². The zero-order chi connectivity index (χ0) is 10.8. The number of ether oxygens (including phenoxy) is 1. The molecular formula is C11H10O4. The standard InChI is InChI=1S/C11H10O4/c12-10(13)8-2-1-3-9(6-8)15-11(14)7-4-5-7/h1-3,6-7H,4-5H2,(H,12,13). The third-order valence-corrected chi connectivity index (χ3v) is 2.21. The summed E-state index contributed by atoms with van der Waals surface area (Å²) in [6.45, 7) is 0. The molecule has 1 aliphatic carbocycles. The van der Waals surface area contributed by atoms with Gasteiger partial charge in [0.15, 0.2) is 0 Å². The van der Waals surface area contributed by atoms with Gasteiger partial charge in [0.25, 0.3) is 0 Å². The number of aromatic carboxylic acids is 1. The van der Waals surface area contributed by atoms with Gasteiger partial charge in [0, 0.05) is 0 Å². The van der Waals surface area contributed by atoms with Crippen LogP contribution in [0, 0.1) is 5.92 Å². The van der Waals surface area contributed by atoms with E-state index in [0.29, 0.717) is 5.75 Å². The van der Waals surface area contributed by atoms with E-state index in [-0.39, 0.29) is 17.5 Å². The van der Waals surface area contributed by atoms with Gasteiger partial charge in [0.2, 0.25) is 0 Å². The molecule has 0 spiro atoms. The van der Waals surface area contributed by atoms with Gasteiger partial charge < -0.3 is 9.84 Å². The minimum absolute atomic E-state index is 0.0125. The van der Waals surface area contributed by atoms with Gasteiger partial charge in [0.05, 0.1) is 11.5 Å². The van der Waals surface area contributed by atoms with E-state index in [1.807, 2.05) is 0 Å². The molecule has 78 valence electrons. The Bertz CT molecular complexity index is 407. The van der Waals surface area contributed by atoms with Crippen molar-refractivity contribution in [2.24, 2.45) is 5.92 Å². The summed E-state index contributed by atoms with van der Waals surface area (Å²) >= 11 is 0. The quantitative estimate of drug-likeness (QED) is 0.604. The smallest absolute Gasteiger partial charge is 0.335 e. The van der Waals surface area contributed by atoms with Gasteiger partial charge in [-0.3, -0.25) is 4.79 Å². The summed E-state index contributed by atoms with van der Waals surface area (Å²) in [5, 5.41) is 8.72. The van der Waals surface area contributed by atoms with Crippen molar-refractivity contribution in [3.05, 3.63) is 29.8 Å². The second kappa shape index (κ2) is 3.73. The Kier molecular flexibility index (Phi) is 2.41. The molecule has 0 saturated heterocycles. The summed E-state index contributed by atoms with van der Waals surface area (Å²) in [6.07, 6.45) is 1.74. The fourth-order valence-electron chi connectivity index (χ4n) is 1.21. The summed E-state index contributed by atoms with van der Waals surface area (Å²) in [7, 11) is 0. The summed E-state index contributed by atoms with van der Waals surface area (Å²) in [4.78, 5) is 21.9. The Morgan fingerprint density at radius 3 is 2.67 bits per heavy atom. The molecule has 0 atom stereocenters. The molecule has 1 aliphatic rings. The third-order valence-electron chi connectivity index (χ3n) is 2.21. The fraction of sp³-hybridized carbons (Fsp3) is 0.273. The Hall–Kier alpha value is -1.84. The maximum atomic E-state index is 11.3. The van der Waals surface area contributed by atoms with Crippen molar-refractivity contribution in [3.8, 4) is 5.75 Å². The van der Waals surface area contributed by atoms with Crippen molar-refractivity contribution in [2.45, 2.75) is 12.8 Å². The van der Waals surface area contributed by atoms with E-state index < -0.39 is 5.97 Å². The van der Waals surface area contributed by atoms with Crippen LogP contribution in [0.4, 0.5) is 0 Å². The van der Waals surface area contributed by atoms with Gasteiger partial charge in [-0.25, -0.2) is 4.79 Å². The van der Waals surface area contributed by atoms with Crippen LogP contribution in [0.15, 0.2) is 24.3 Å². The first-order valence-corrected chi connectivity index (χ1v) is 4.72. The van der Waals surface area contributed by atoms with Crippen molar-refractivity contribution in [1.82, 2.24) is 0 Å². The van der Waals surface area contributed by atoms with Crippen molar-refractivity contribution in [3.63, 3.8) is 0 Å². The largest absolute Gasteiger partial charge is 0.478 e. The van der Waals surface area contributed by atoms with Crippen LogP contribution in [0.5, 0.6) is 5.75 Å². The van der Waals surface area contributed by atoms with E-state index in [1.165, 1.54) is 12.1 Å². The predicted molar refractivity (Wildman–Crippen MR) is 51.8 cm³/mol. The molecule has 1 aromatic rings. The molecule has 1 aromatic carbocycles. The van der Waals surface area contributed by atoms with E-state index in [4.69, 9.17) is 9.84 Å². The lowest BCUT2D eigenvalue weighted by Crippen LogP contribution is -2.10. The van der Waals surface area contributed by atoms with Crippen LogP contribution in [-0.4, -0.2) is 17.0 Å². The van der Waals surface area contributed by atoms with Crippen LogP contribution in [-0.2, 0) is 4.79 Å². The lowest BCUT2D eigenvalue weighted by Gasteiger charge is -2.03. The zero-order valence-corrected chi connectivity index (χ0v) is 7.97. The number of hydrogen-bond acceptors (Lipinski definition) is 3. The van der Waals surface area contributed by atoms with E-state index in [1.54, 1.807) is 12.1 Å². The normalized spacial score (nSPS) is 14.7. The summed E-state index contributed by atoms with van der Waals surface area (Å²) in [6, 6.07) is 5.94. The molecule has 0 bridgehead atoms. The highest BCUT2D eigenvalue weighted by atomic mass is 16.5. The van der Waals surface area contributed by atoms with Crippen LogP contribution in [0.3, 0.4) is 0 Å². The lowest BCUT2D eigenvalue weighted by atomic mass is 10.2. The molecule has 1 saturated carbocycles. The van der Waals surface area contributed by atoms with Crippen LogP contribution in [0.1, 0.15) is 23.2 Å². The molecule has 15 heavy (non-hydrogen) atoms. The molecular weight excluding hydrogens is 196 g/mol. The van der Waals surface area contributed by atoms with Crippen LogP contribution in [0.2, 0.25) is 0 Å². The predicted octanol–water partition coefficient (Wildman–Crippen LogP) is 1.70. The van der Waals surface area contributed by atoms with Gasteiger partial charge in [-0.05, 0) is 31.0 Å². The van der Waals surface area contributed by atoms with Crippen molar-refractivity contribution in [1.29, 1.82) is 0 Å². The van der Waals surface area contributed by atoms with Gasteiger partial charge in [-0.2, -0.15) is 0 Å².